The zero-order valence-electron chi connectivity index (χ0n) is 24.0. The minimum absolute atomic E-state index is 0.204. The van der Waals surface area contributed by atoms with Crippen molar-refractivity contribution in [2.45, 2.75) is 71.8 Å². The quantitative estimate of drug-likeness (QED) is 0.273. The van der Waals surface area contributed by atoms with Crippen LogP contribution in [0.25, 0.3) is 0 Å². The Kier molecular flexibility index (Phi) is 9.93. The first-order chi connectivity index (χ1) is 19.2. The Labute approximate surface area is 236 Å². The Morgan fingerprint density at radius 2 is 1.90 bits per heavy atom. The van der Waals surface area contributed by atoms with Gasteiger partial charge in [-0.05, 0) is 87.3 Å². The Morgan fingerprint density at radius 1 is 1.12 bits per heavy atom. The fourth-order valence-corrected chi connectivity index (χ4v) is 5.36. The molecule has 0 bridgehead atoms. The predicted octanol–water partition coefficient (Wildman–Crippen LogP) is 4.30. The minimum atomic E-state index is -1.07. The Bertz CT molecular complexity index is 1330. The molecule has 0 spiro atoms. The van der Waals surface area contributed by atoms with E-state index in [1.807, 2.05) is 44.6 Å². The summed E-state index contributed by atoms with van der Waals surface area (Å²) in [4.78, 5) is 29.7. The van der Waals surface area contributed by atoms with Crippen LogP contribution < -0.4 is 10.6 Å². The molecule has 1 atom stereocenters. The molecule has 9 nitrogen and oxygen atoms in total. The monoisotopic (exact) mass is 547 g/mol. The van der Waals surface area contributed by atoms with Crippen molar-refractivity contribution in [1.82, 2.24) is 20.1 Å². The number of ether oxygens (including phenoxy) is 1. The van der Waals surface area contributed by atoms with Crippen molar-refractivity contribution in [3.05, 3.63) is 75.2 Å². The predicted molar refractivity (Wildman–Crippen MR) is 155 cm³/mol. The van der Waals surface area contributed by atoms with Crippen LogP contribution in [-0.4, -0.2) is 57.5 Å². The van der Waals surface area contributed by atoms with Gasteiger partial charge in [-0.2, -0.15) is 5.10 Å². The van der Waals surface area contributed by atoms with E-state index < -0.39 is 12.0 Å². The molecule has 0 saturated heterocycles. The van der Waals surface area contributed by atoms with Crippen molar-refractivity contribution in [3.63, 3.8) is 0 Å². The molecule has 1 aliphatic heterocycles. The molecule has 1 aromatic carbocycles. The Hall–Kier alpha value is -3.72. The lowest BCUT2D eigenvalue weighted by atomic mass is 9.96. The highest BCUT2D eigenvalue weighted by molar-refractivity contribution is 5.99. The third-order valence-electron chi connectivity index (χ3n) is 7.38. The molecule has 0 saturated carbocycles. The number of fused-ring (bicyclic) bond motifs is 1. The van der Waals surface area contributed by atoms with Crippen LogP contribution in [0, 0.1) is 20.8 Å². The third kappa shape index (κ3) is 7.69. The third-order valence-corrected chi connectivity index (χ3v) is 7.38. The van der Waals surface area contributed by atoms with Crippen LogP contribution in [0.4, 0.5) is 5.82 Å². The molecule has 40 heavy (non-hydrogen) atoms. The molecule has 0 radical (unpaired) electrons. The molecule has 4 rings (SSSR count). The largest absolute Gasteiger partial charge is 0.480 e. The Balaban J connectivity index is 1.22. The van der Waals surface area contributed by atoms with Crippen LogP contribution in [0.1, 0.15) is 75.4 Å². The number of benzene rings is 1. The summed E-state index contributed by atoms with van der Waals surface area (Å²) in [7, 11) is 1.92. The number of aromatic nitrogens is 3. The number of nitrogens with zero attached hydrogens (tertiary/aromatic N) is 3. The number of aryl methyl sites for hydroxylation is 6. The lowest BCUT2D eigenvalue weighted by Gasteiger charge is -2.18. The van der Waals surface area contributed by atoms with Crippen LogP contribution >= 0.6 is 0 Å². The van der Waals surface area contributed by atoms with E-state index in [9.17, 15) is 14.7 Å². The summed E-state index contributed by atoms with van der Waals surface area (Å²) in [6.45, 7) is 7.51. The first kappa shape index (κ1) is 29.3. The first-order valence-corrected chi connectivity index (χ1v) is 14.1. The number of amides is 1. The van der Waals surface area contributed by atoms with Gasteiger partial charge < -0.3 is 20.5 Å². The molecule has 3 aromatic rings. The molecule has 1 amide bonds. The van der Waals surface area contributed by atoms with Crippen molar-refractivity contribution in [2.24, 2.45) is 7.05 Å². The van der Waals surface area contributed by atoms with Crippen LogP contribution in [0.2, 0.25) is 0 Å². The van der Waals surface area contributed by atoms with E-state index in [-0.39, 0.29) is 18.9 Å². The number of nitrogens with one attached hydrogen (secondary N) is 2. The summed E-state index contributed by atoms with van der Waals surface area (Å²) in [5, 5.41) is 20.2. The van der Waals surface area contributed by atoms with Gasteiger partial charge in [0, 0.05) is 56.6 Å². The second-order valence-electron chi connectivity index (χ2n) is 10.7. The highest BCUT2D eigenvalue weighted by atomic mass is 16.5. The van der Waals surface area contributed by atoms with Gasteiger partial charge in [-0.25, -0.2) is 9.78 Å². The van der Waals surface area contributed by atoms with Gasteiger partial charge in [0.2, 0.25) is 0 Å². The molecule has 1 unspecified atom stereocenters. The van der Waals surface area contributed by atoms with E-state index in [2.05, 4.69) is 33.9 Å². The lowest BCUT2D eigenvalue weighted by Crippen LogP contribution is -2.42. The highest BCUT2D eigenvalue weighted by Gasteiger charge is 2.23. The van der Waals surface area contributed by atoms with Gasteiger partial charge in [-0.15, -0.1) is 0 Å². The minimum Gasteiger partial charge on any atom is -0.480 e. The number of hydrogen-bond acceptors (Lipinski definition) is 6. The normalized spacial score (nSPS) is 13.4. The average Bonchev–Trinajstić information content (AvgIpc) is 3.22. The van der Waals surface area contributed by atoms with Crippen molar-refractivity contribution >= 4 is 17.7 Å². The SMILES string of the molecule is Cc1cc(Cc2cc(C)c(C(=O)NC(CCOCCCCc3ccc4c(n3)NCCC4)C(=O)O)c(C)c2)n(C)n1. The van der Waals surface area contributed by atoms with Gasteiger partial charge in [0.25, 0.3) is 5.91 Å². The molecule has 0 aliphatic carbocycles. The fraction of sp³-hybridized carbons (Fsp3) is 0.484. The highest BCUT2D eigenvalue weighted by Crippen LogP contribution is 2.21. The summed E-state index contributed by atoms with van der Waals surface area (Å²) < 4.78 is 7.57. The van der Waals surface area contributed by atoms with Gasteiger partial charge >= 0.3 is 5.97 Å². The zero-order valence-corrected chi connectivity index (χ0v) is 24.0. The molecule has 1 aliphatic rings. The summed E-state index contributed by atoms with van der Waals surface area (Å²) in [5.74, 6) is -0.428. The Morgan fingerprint density at radius 3 is 2.60 bits per heavy atom. The maximum atomic E-state index is 13.1. The first-order valence-electron chi connectivity index (χ1n) is 14.1. The van der Waals surface area contributed by atoms with Gasteiger partial charge in [0.1, 0.15) is 11.9 Å². The summed E-state index contributed by atoms with van der Waals surface area (Å²) in [5.41, 5.74) is 7.65. The lowest BCUT2D eigenvalue weighted by molar-refractivity contribution is -0.139. The van der Waals surface area contributed by atoms with E-state index in [0.717, 1.165) is 78.2 Å². The van der Waals surface area contributed by atoms with Crippen LogP contribution in [0.15, 0.2) is 30.3 Å². The number of carboxylic acids is 1. The molecule has 214 valence electrons. The number of carbonyl (C=O) groups excluding carboxylic acids is 1. The van der Waals surface area contributed by atoms with E-state index in [0.29, 0.717) is 18.6 Å². The second-order valence-corrected chi connectivity index (χ2v) is 10.7. The number of anilines is 1. The summed E-state index contributed by atoms with van der Waals surface area (Å²) in [6, 6.07) is 9.27. The van der Waals surface area contributed by atoms with E-state index in [4.69, 9.17) is 9.72 Å². The number of carboxylic acid groups (broad SMARTS) is 1. The van der Waals surface area contributed by atoms with Crippen LogP contribution in [0.3, 0.4) is 0 Å². The van der Waals surface area contributed by atoms with Gasteiger partial charge in [-0.1, -0.05) is 18.2 Å². The number of carbonyl (C=O) groups is 2. The van der Waals surface area contributed by atoms with Crippen molar-refractivity contribution in [1.29, 1.82) is 0 Å². The number of unbranched alkanes of at least 4 members (excludes halogenated alkanes) is 1. The smallest absolute Gasteiger partial charge is 0.326 e. The van der Waals surface area contributed by atoms with Crippen LogP contribution in [-0.2, 0) is 35.8 Å². The number of pyridine rings is 1. The molecule has 0 fully saturated rings. The molecule has 3 heterocycles. The zero-order chi connectivity index (χ0) is 28.6. The molecular formula is C31H41N5O4. The van der Waals surface area contributed by atoms with E-state index >= 15 is 0 Å². The van der Waals surface area contributed by atoms with Crippen molar-refractivity contribution in [2.75, 3.05) is 25.1 Å². The van der Waals surface area contributed by atoms with E-state index in [1.165, 1.54) is 5.56 Å². The average molecular weight is 548 g/mol. The second kappa shape index (κ2) is 13.6. The molecule has 2 aromatic heterocycles. The molecular weight excluding hydrogens is 506 g/mol. The van der Waals surface area contributed by atoms with E-state index in [1.54, 1.807) is 0 Å². The summed E-state index contributed by atoms with van der Waals surface area (Å²) in [6.07, 6.45) is 5.83. The van der Waals surface area contributed by atoms with Gasteiger partial charge in [0.15, 0.2) is 0 Å². The maximum absolute atomic E-state index is 13.1. The maximum Gasteiger partial charge on any atom is 0.326 e. The van der Waals surface area contributed by atoms with Gasteiger partial charge in [-0.3, -0.25) is 9.48 Å². The summed E-state index contributed by atoms with van der Waals surface area (Å²) >= 11 is 0. The van der Waals surface area contributed by atoms with Crippen molar-refractivity contribution in [3.8, 4) is 0 Å². The topological polar surface area (TPSA) is 118 Å². The van der Waals surface area contributed by atoms with Crippen LogP contribution in [0.5, 0.6) is 0 Å². The number of rotatable bonds is 13. The van der Waals surface area contributed by atoms with Gasteiger partial charge in [0.05, 0.1) is 5.69 Å². The fourth-order valence-electron chi connectivity index (χ4n) is 5.36. The molecule has 9 heteroatoms. The number of hydrogen-bond donors (Lipinski definition) is 3. The van der Waals surface area contributed by atoms with Crippen molar-refractivity contribution < 1.29 is 19.4 Å². The molecule has 3 N–H and O–H groups in total. The number of aliphatic carboxylic acids is 1. The standard InChI is InChI=1S/C31H41N5O4/c1-20-16-23(19-26-18-22(3)35-36(26)4)17-21(2)28(20)30(37)34-27(31(38)39)12-15-40-14-6-5-9-25-11-10-24-8-7-13-32-29(24)33-25/h10-11,16-18,27H,5-9,12-15,19H2,1-4H3,(H,32,33)(H,34,37)(H,38,39).